The van der Waals surface area contributed by atoms with Crippen molar-refractivity contribution in [2.45, 2.75) is 33.6 Å². The fourth-order valence-corrected chi connectivity index (χ4v) is 1.23. The molecule has 0 amide bonds. The van der Waals surface area contributed by atoms with E-state index in [1.165, 1.54) is 0 Å². The Morgan fingerprint density at radius 2 is 1.94 bits per heavy atom. The van der Waals surface area contributed by atoms with E-state index in [9.17, 15) is 9.59 Å². The minimum atomic E-state index is -0.869. The van der Waals surface area contributed by atoms with Crippen molar-refractivity contribution in [3.05, 3.63) is 0 Å². The smallest absolute Gasteiger partial charge is 0.311 e. The van der Waals surface area contributed by atoms with E-state index in [-0.39, 0.29) is 25.6 Å². The average molecular weight is 232 g/mol. The van der Waals surface area contributed by atoms with Crippen molar-refractivity contribution in [3.63, 3.8) is 0 Å². The number of hydrogen-bond acceptors (Lipinski definition) is 4. The van der Waals surface area contributed by atoms with Gasteiger partial charge in [-0.2, -0.15) is 0 Å². The van der Waals surface area contributed by atoms with Crippen LogP contribution in [0.3, 0.4) is 0 Å². The molecule has 0 aliphatic rings. The van der Waals surface area contributed by atoms with Crippen LogP contribution in [0.5, 0.6) is 0 Å². The van der Waals surface area contributed by atoms with Gasteiger partial charge in [-0.05, 0) is 26.2 Å². The van der Waals surface area contributed by atoms with E-state index in [4.69, 9.17) is 14.9 Å². The first kappa shape index (κ1) is 14.9. The molecule has 0 rings (SSSR count). The summed E-state index contributed by atoms with van der Waals surface area (Å²) in [5.41, 5.74) is -0.732. The van der Waals surface area contributed by atoms with Gasteiger partial charge >= 0.3 is 11.9 Å². The zero-order valence-corrected chi connectivity index (χ0v) is 10.0. The van der Waals surface area contributed by atoms with Crippen LogP contribution >= 0.6 is 0 Å². The second-order valence-corrected chi connectivity index (χ2v) is 4.41. The fourth-order valence-electron chi connectivity index (χ4n) is 1.23. The number of ether oxygens (including phenoxy) is 1. The molecule has 1 unspecified atom stereocenters. The van der Waals surface area contributed by atoms with Gasteiger partial charge in [0.25, 0.3) is 0 Å². The van der Waals surface area contributed by atoms with Crippen LogP contribution in [-0.4, -0.2) is 35.4 Å². The molecule has 0 bridgehead atoms. The van der Waals surface area contributed by atoms with E-state index in [1.807, 2.05) is 6.92 Å². The normalized spacial score (nSPS) is 13.2. The summed E-state index contributed by atoms with van der Waals surface area (Å²) in [6.45, 7) is 5.04. The molecule has 0 aliphatic carbocycles. The maximum atomic E-state index is 11.6. The molecule has 1 atom stereocenters. The van der Waals surface area contributed by atoms with Crippen LogP contribution in [0.15, 0.2) is 0 Å². The SMILES string of the molecule is CC(CCC(=O)O)C(C)(C)C(=O)OCCO. The van der Waals surface area contributed by atoms with Crippen molar-refractivity contribution in [1.29, 1.82) is 0 Å². The number of carbonyl (C=O) groups excluding carboxylic acids is 1. The van der Waals surface area contributed by atoms with Gasteiger partial charge in [0.1, 0.15) is 6.61 Å². The Labute approximate surface area is 95.4 Å². The monoisotopic (exact) mass is 232 g/mol. The lowest BCUT2D eigenvalue weighted by atomic mass is 9.77. The van der Waals surface area contributed by atoms with Gasteiger partial charge in [0.2, 0.25) is 0 Å². The first-order chi connectivity index (χ1) is 7.32. The number of carboxylic acid groups (broad SMARTS) is 1. The number of esters is 1. The highest BCUT2D eigenvalue weighted by molar-refractivity contribution is 5.76. The minimum Gasteiger partial charge on any atom is -0.481 e. The van der Waals surface area contributed by atoms with Crippen molar-refractivity contribution < 1.29 is 24.5 Å². The number of carbonyl (C=O) groups is 2. The zero-order chi connectivity index (χ0) is 12.8. The molecule has 94 valence electrons. The molecule has 0 saturated carbocycles. The van der Waals surface area contributed by atoms with Crippen molar-refractivity contribution in [2.24, 2.45) is 11.3 Å². The molecule has 0 fully saturated rings. The van der Waals surface area contributed by atoms with Crippen molar-refractivity contribution in [2.75, 3.05) is 13.2 Å². The third-order valence-corrected chi connectivity index (χ3v) is 2.87. The van der Waals surface area contributed by atoms with Gasteiger partial charge in [-0.25, -0.2) is 0 Å². The quantitative estimate of drug-likeness (QED) is 0.641. The van der Waals surface area contributed by atoms with E-state index in [1.54, 1.807) is 13.8 Å². The van der Waals surface area contributed by atoms with Crippen LogP contribution in [0.1, 0.15) is 33.6 Å². The van der Waals surface area contributed by atoms with E-state index in [2.05, 4.69) is 0 Å². The molecule has 0 aromatic heterocycles. The summed E-state index contributed by atoms with van der Waals surface area (Å²) in [5, 5.41) is 17.1. The molecule has 0 spiro atoms. The summed E-state index contributed by atoms with van der Waals surface area (Å²) < 4.78 is 4.85. The van der Waals surface area contributed by atoms with Crippen LogP contribution in [0.25, 0.3) is 0 Å². The highest BCUT2D eigenvalue weighted by atomic mass is 16.5. The molecule has 5 heteroatoms. The second kappa shape index (κ2) is 6.48. The van der Waals surface area contributed by atoms with Gasteiger partial charge in [0, 0.05) is 6.42 Å². The van der Waals surface area contributed by atoms with Crippen molar-refractivity contribution in [1.82, 2.24) is 0 Å². The topological polar surface area (TPSA) is 83.8 Å². The molecule has 0 aliphatic heterocycles. The zero-order valence-electron chi connectivity index (χ0n) is 10.0. The number of carboxylic acids is 1. The Morgan fingerprint density at radius 1 is 1.38 bits per heavy atom. The number of hydrogen-bond donors (Lipinski definition) is 2. The molecule has 0 radical (unpaired) electrons. The van der Waals surface area contributed by atoms with E-state index in [0.29, 0.717) is 6.42 Å². The molecule has 0 aromatic carbocycles. The Balaban J connectivity index is 4.27. The summed E-state index contributed by atoms with van der Waals surface area (Å²) in [6, 6.07) is 0. The predicted molar refractivity (Wildman–Crippen MR) is 57.9 cm³/mol. The summed E-state index contributed by atoms with van der Waals surface area (Å²) in [6.07, 6.45) is 0.467. The van der Waals surface area contributed by atoms with Gasteiger partial charge in [-0.3, -0.25) is 9.59 Å². The van der Waals surface area contributed by atoms with E-state index in [0.717, 1.165) is 0 Å². The standard InChI is InChI=1S/C11H20O5/c1-8(4-5-9(13)14)11(2,3)10(15)16-7-6-12/h8,12H,4-7H2,1-3H3,(H,13,14). The molecule has 2 N–H and O–H groups in total. The molecule has 0 aromatic rings. The number of aliphatic carboxylic acids is 1. The molecule has 0 heterocycles. The molecular formula is C11H20O5. The summed E-state index contributed by atoms with van der Waals surface area (Å²) in [4.78, 5) is 22.1. The predicted octanol–water partition coefficient (Wildman–Crippen LogP) is 1.05. The summed E-state index contributed by atoms with van der Waals surface area (Å²) >= 11 is 0. The minimum absolute atomic E-state index is 0.0199. The van der Waals surface area contributed by atoms with Gasteiger partial charge in [-0.1, -0.05) is 6.92 Å². The lowest BCUT2D eigenvalue weighted by molar-refractivity contribution is -0.158. The number of rotatable bonds is 7. The van der Waals surface area contributed by atoms with Gasteiger partial charge < -0.3 is 14.9 Å². The maximum Gasteiger partial charge on any atom is 0.311 e. The number of aliphatic hydroxyl groups is 1. The van der Waals surface area contributed by atoms with Crippen LogP contribution in [0.4, 0.5) is 0 Å². The Morgan fingerprint density at radius 3 is 2.38 bits per heavy atom. The fraction of sp³-hybridized carbons (Fsp3) is 0.818. The van der Waals surface area contributed by atoms with Gasteiger partial charge in [-0.15, -0.1) is 0 Å². The lowest BCUT2D eigenvalue weighted by Crippen LogP contribution is -2.34. The Hall–Kier alpha value is -1.10. The lowest BCUT2D eigenvalue weighted by Gasteiger charge is -2.29. The van der Waals surface area contributed by atoms with Crippen LogP contribution < -0.4 is 0 Å². The van der Waals surface area contributed by atoms with Crippen LogP contribution in [-0.2, 0) is 14.3 Å². The first-order valence-corrected chi connectivity index (χ1v) is 5.32. The second-order valence-electron chi connectivity index (χ2n) is 4.41. The first-order valence-electron chi connectivity index (χ1n) is 5.32. The van der Waals surface area contributed by atoms with Crippen LogP contribution in [0, 0.1) is 11.3 Å². The van der Waals surface area contributed by atoms with Crippen LogP contribution in [0.2, 0.25) is 0 Å². The van der Waals surface area contributed by atoms with Gasteiger partial charge in [0.05, 0.1) is 12.0 Å². The van der Waals surface area contributed by atoms with Gasteiger partial charge in [0.15, 0.2) is 0 Å². The Kier molecular flexibility index (Phi) is 6.03. The van der Waals surface area contributed by atoms with Crippen molar-refractivity contribution >= 4 is 11.9 Å². The highest BCUT2D eigenvalue weighted by Gasteiger charge is 2.35. The third kappa shape index (κ3) is 4.61. The van der Waals surface area contributed by atoms with E-state index < -0.39 is 17.4 Å². The molecule has 0 saturated heterocycles. The summed E-state index contributed by atoms with van der Waals surface area (Å²) in [7, 11) is 0. The number of aliphatic hydroxyl groups excluding tert-OH is 1. The Bertz CT molecular complexity index is 247. The van der Waals surface area contributed by atoms with Crippen molar-refractivity contribution in [3.8, 4) is 0 Å². The maximum absolute atomic E-state index is 11.6. The average Bonchev–Trinajstić information content (AvgIpc) is 2.21. The molecule has 16 heavy (non-hydrogen) atoms. The molecule has 5 nitrogen and oxygen atoms in total. The largest absolute Gasteiger partial charge is 0.481 e. The van der Waals surface area contributed by atoms with E-state index >= 15 is 0 Å². The summed E-state index contributed by atoms with van der Waals surface area (Å²) in [5.74, 6) is -1.36. The molecular weight excluding hydrogens is 212 g/mol. The highest BCUT2D eigenvalue weighted by Crippen LogP contribution is 2.31. The third-order valence-electron chi connectivity index (χ3n) is 2.87.